The third-order valence-electron chi connectivity index (χ3n) is 5.53. The van der Waals surface area contributed by atoms with Gasteiger partial charge in [-0.15, -0.1) is 0 Å². The Kier molecular flexibility index (Phi) is 4.31. The van der Waals surface area contributed by atoms with E-state index in [2.05, 4.69) is 16.3 Å². The van der Waals surface area contributed by atoms with Crippen molar-refractivity contribution in [2.24, 2.45) is 0 Å². The van der Waals surface area contributed by atoms with E-state index in [1.165, 1.54) is 26.0 Å². The highest BCUT2D eigenvalue weighted by Crippen LogP contribution is 2.43. The van der Waals surface area contributed by atoms with Gasteiger partial charge in [0.25, 0.3) is 0 Å². The molecular formula is C21H23FN2O2. The van der Waals surface area contributed by atoms with E-state index in [-0.39, 0.29) is 24.1 Å². The summed E-state index contributed by atoms with van der Waals surface area (Å²) < 4.78 is 19.7. The smallest absolute Gasteiger partial charge is 0.225 e. The Morgan fingerprint density at radius 2 is 1.88 bits per heavy atom. The molecule has 1 N–H and O–H groups in total. The van der Waals surface area contributed by atoms with E-state index in [1.807, 2.05) is 13.0 Å². The summed E-state index contributed by atoms with van der Waals surface area (Å²) in [5, 5.41) is 3.02. The van der Waals surface area contributed by atoms with Crippen molar-refractivity contribution in [3.05, 3.63) is 52.8 Å². The van der Waals surface area contributed by atoms with E-state index in [0.29, 0.717) is 11.3 Å². The molecule has 2 aromatic carbocycles. The molecule has 1 fully saturated rings. The van der Waals surface area contributed by atoms with Gasteiger partial charge in [0.15, 0.2) is 0 Å². The van der Waals surface area contributed by atoms with Crippen LogP contribution in [-0.2, 0) is 4.79 Å². The summed E-state index contributed by atoms with van der Waals surface area (Å²) in [6.45, 7) is 4.13. The lowest BCUT2D eigenvalue weighted by atomic mass is 9.83. The monoisotopic (exact) mass is 354 g/mol. The summed E-state index contributed by atoms with van der Waals surface area (Å²) in [5.74, 6) is -0.209. The standard InChI is InChI=1S/C21H23FN2O2/c1-13-19(24-9-3-4-10-24)8-7-16-17(12-20(25)23-21(13)16)15-6-5-14(26-2)11-18(15)22/h5-8,11,17H,3-4,9-10,12H2,1-2H3,(H,23,25). The number of amides is 1. The highest BCUT2D eigenvalue weighted by molar-refractivity contribution is 5.97. The van der Waals surface area contributed by atoms with Crippen molar-refractivity contribution in [1.82, 2.24) is 0 Å². The van der Waals surface area contributed by atoms with Crippen LogP contribution in [0.3, 0.4) is 0 Å². The topological polar surface area (TPSA) is 41.6 Å². The molecule has 0 aliphatic carbocycles. The minimum Gasteiger partial charge on any atom is -0.497 e. The highest BCUT2D eigenvalue weighted by atomic mass is 19.1. The first kappa shape index (κ1) is 16.9. The van der Waals surface area contributed by atoms with Gasteiger partial charge in [0, 0.05) is 42.9 Å². The van der Waals surface area contributed by atoms with Gasteiger partial charge in [-0.25, -0.2) is 4.39 Å². The summed E-state index contributed by atoms with van der Waals surface area (Å²) in [7, 11) is 1.51. The van der Waals surface area contributed by atoms with Gasteiger partial charge < -0.3 is 15.0 Å². The van der Waals surface area contributed by atoms with Crippen molar-refractivity contribution in [3.63, 3.8) is 0 Å². The molecule has 1 atom stereocenters. The lowest BCUT2D eigenvalue weighted by Gasteiger charge is -2.30. The molecule has 0 saturated carbocycles. The Morgan fingerprint density at radius 3 is 2.58 bits per heavy atom. The van der Waals surface area contributed by atoms with Gasteiger partial charge in [0.1, 0.15) is 11.6 Å². The Hall–Kier alpha value is -2.56. The predicted molar refractivity (Wildman–Crippen MR) is 101 cm³/mol. The van der Waals surface area contributed by atoms with Crippen molar-refractivity contribution in [1.29, 1.82) is 0 Å². The van der Waals surface area contributed by atoms with E-state index >= 15 is 0 Å². The molecule has 2 aromatic rings. The summed E-state index contributed by atoms with van der Waals surface area (Å²) >= 11 is 0. The Bertz CT molecular complexity index is 859. The summed E-state index contributed by atoms with van der Waals surface area (Å²) in [6.07, 6.45) is 2.64. The molecule has 2 heterocycles. The summed E-state index contributed by atoms with van der Waals surface area (Å²) in [6, 6.07) is 9.02. The number of carbonyl (C=O) groups excluding carboxylic acids is 1. The first-order valence-corrected chi connectivity index (χ1v) is 9.10. The lowest BCUT2D eigenvalue weighted by molar-refractivity contribution is -0.116. The van der Waals surface area contributed by atoms with Crippen molar-refractivity contribution >= 4 is 17.3 Å². The van der Waals surface area contributed by atoms with Gasteiger partial charge in [-0.1, -0.05) is 12.1 Å². The fourth-order valence-electron chi connectivity index (χ4n) is 4.16. The van der Waals surface area contributed by atoms with Crippen LogP contribution in [0.4, 0.5) is 15.8 Å². The maximum Gasteiger partial charge on any atom is 0.225 e. The van der Waals surface area contributed by atoms with Crippen molar-refractivity contribution in [2.45, 2.75) is 32.1 Å². The Labute approximate surface area is 153 Å². The largest absolute Gasteiger partial charge is 0.497 e. The SMILES string of the molecule is COc1ccc(C2CC(=O)Nc3c2ccc(N2CCCC2)c3C)c(F)c1. The molecular weight excluding hydrogens is 331 g/mol. The number of hydrogen-bond donors (Lipinski definition) is 1. The van der Waals surface area contributed by atoms with Crippen LogP contribution in [0, 0.1) is 12.7 Å². The van der Waals surface area contributed by atoms with E-state index < -0.39 is 0 Å². The number of nitrogens with zero attached hydrogens (tertiary/aromatic N) is 1. The first-order chi connectivity index (χ1) is 12.6. The van der Waals surface area contributed by atoms with Gasteiger partial charge in [-0.3, -0.25) is 4.79 Å². The van der Waals surface area contributed by atoms with Crippen LogP contribution < -0.4 is 15.0 Å². The number of ether oxygens (including phenoxy) is 1. The third-order valence-corrected chi connectivity index (χ3v) is 5.53. The molecule has 1 saturated heterocycles. The molecule has 4 rings (SSSR count). The fourth-order valence-corrected chi connectivity index (χ4v) is 4.16. The zero-order valence-corrected chi connectivity index (χ0v) is 15.1. The van der Waals surface area contributed by atoms with Crippen LogP contribution in [0.25, 0.3) is 0 Å². The second-order valence-corrected chi connectivity index (χ2v) is 7.06. The van der Waals surface area contributed by atoms with E-state index in [0.717, 1.165) is 35.6 Å². The number of fused-ring (bicyclic) bond motifs is 1. The van der Waals surface area contributed by atoms with Crippen LogP contribution in [0.5, 0.6) is 5.75 Å². The van der Waals surface area contributed by atoms with Crippen molar-refractivity contribution in [2.75, 3.05) is 30.4 Å². The predicted octanol–water partition coefficient (Wildman–Crippen LogP) is 4.22. The fraction of sp³-hybridized carbons (Fsp3) is 0.381. The molecule has 2 aliphatic rings. The number of methoxy groups -OCH3 is 1. The number of hydrogen-bond acceptors (Lipinski definition) is 3. The second-order valence-electron chi connectivity index (χ2n) is 7.06. The van der Waals surface area contributed by atoms with E-state index in [4.69, 9.17) is 4.74 Å². The van der Waals surface area contributed by atoms with Gasteiger partial charge in [-0.2, -0.15) is 0 Å². The number of anilines is 2. The maximum atomic E-state index is 14.6. The van der Waals surface area contributed by atoms with Gasteiger partial charge in [0.05, 0.1) is 7.11 Å². The van der Waals surface area contributed by atoms with Crippen molar-refractivity contribution in [3.8, 4) is 5.75 Å². The quantitative estimate of drug-likeness (QED) is 0.897. The molecule has 5 heteroatoms. The summed E-state index contributed by atoms with van der Waals surface area (Å²) in [4.78, 5) is 14.7. The zero-order valence-electron chi connectivity index (χ0n) is 15.1. The van der Waals surface area contributed by atoms with Crippen molar-refractivity contribution < 1.29 is 13.9 Å². The van der Waals surface area contributed by atoms with Crippen LogP contribution in [0.1, 0.15) is 41.9 Å². The second kappa shape index (κ2) is 6.63. The minimum absolute atomic E-state index is 0.0700. The molecule has 0 radical (unpaired) electrons. The Morgan fingerprint density at radius 1 is 1.15 bits per heavy atom. The van der Waals surface area contributed by atoms with Crippen LogP contribution in [0.2, 0.25) is 0 Å². The van der Waals surface area contributed by atoms with Gasteiger partial charge in [0.2, 0.25) is 5.91 Å². The highest BCUT2D eigenvalue weighted by Gasteiger charge is 2.31. The molecule has 4 nitrogen and oxygen atoms in total. The first-order valence-electron chi connectivity index (χ1n) is 9.10. The van der Waals surface area contributed by atoms with Crippen LogP contribution in [-0.4, -0.2) is 26.1 Å². The normalized spacial score (nSPS) is 19.3. The number of nitrogens with one attached hydrogen (secondary N) is 1. The number of rotatable bonds is 3. The average Bonchev–Trinajstić information content (AvgIpc) is 3.16. The third kappa shape index (κ3) is 2.81. The Balaban J connectivity index is 1.78. The summed E-state index contributed by atoms with van der Waals surface area (Å²) in [5.41, 5.74) is 4.59. The van der Waals surface area contributed by atoms with Crippen LogP contribution in [0.15, 0.2) is 30.3 Å². The maximum absolute atomic E-state index is 14.6. The molecule has 0 bridgehead atoms. The zero-order chi connectivity index (χ0) is 18.3. The van der Waals surface area contributed by atoms with E-state index in [1.54, 1.807) is 12.1 Å². The molecule has 26 heavy (non-hydrogen) atoms. The van der Waals surface area contributed by atoms with E-state index in [9.17, 15) is 9.18 Å². The average molecular weight is 354 g/mol. The lowest BCUT2D eigenvalue weighted by Crippen LogP contribution is -2.26. The molecule has 0 aromatic heterocycles. The molecule has 1 unspecified atom stereocenters. The molecule has 1 amide bonds. The minimum atomic E-state index is -0.337. The number of carbonyl (C=O) groups is 1. The molecule has 2 aliphatic heterocycles. The number of halogens is 1. The van der Waals surface area contributed by atoms with Crippen LogP contribution >= 0.6 is 0 Å². The number of benzene rings is 2. The molecule has 136 valence electrons. The van der Waals surface area contributed by atoms with Gasteiger partial charge >= 0.3 is 0 Å². The molecule has 0 spiro atoms. The van der Waals surface area contributed by atoms with Gasteiger partial charge in [-0.05, 0) is 48.6 Å².